The van der Waals surface area contributed by atoms with Crippen molar-refractivity contribution in [2.45, 2.75) is 13.0 Å². The molecule has 0 spiro atoms. The highest BCUT2D eigenvalue weighted by Gasteiger charge is 2.16. The fraction of sp³-hybridized carbons (Fsp3) is 0.250. The van der Waals surface area contributed by atoms with E-state index >= 15 is 0 Å². The number of fused-ring (bicyclic) bond motifs is 1. The Hall–Kier alpha value is -1.81. The number of nitrogens with two attached hydrogens (primary N) is 1. The maximum Gasteiger partial charge on any atom is 0.0750 e. The molecule has 0 saturated carbocycles. The lowest BCUT2D eigenvalue weighted by Gasteiger charge is -2.14. The number of aromatic nitrogens is 2. The number of hydrogen-bond acceptors (Lipinski definition) is 3. The number of benzene rings is 1. The van der Waals surface area contributed by atoms with Crippen molar-refractivity contribution < 1.29 is 4.74 Å². The van der Waals surface area contributed by atoms with Crippen LogP contribution in [0.1, 0.15) is 11.3 Å². The molecule has 2 N–H and O–H groups in total. The van der Waals surface area contributed by atoms with Crippen molar-refractivity contribution in [1.29, 1.82) is 0 Å². The Labute approximate surface area is 93.6 Å². The van der Waals surface area contributed by atoms with Gasteiger partial charge in [-0.15, -0.1) is 0 Å². The molecule has 4 nitrogen and oxygen atoms in total. The van der Waals surface area contributed by atoms with Crippen LogP contribution in [-0.4, -0.2) is 16.4 Å². The van der Waals surface area contributed by atoms with E-state index in [1.54, 1.807) is 0 Å². The maximum atomic E-state index is 5.77. The van der Waals surface area contributed by atoms with Crippen LogP contribution < -0.4 is 5.73 Å². The summed E-state index contributed by atoms with van der Waals surface area (Å²) in [5, 5.41) is 4.39. The fourth-order valence-corrected chi connectivity index (χ4v) is 2.02. The molecule has 82 valence electrons. The highest BCUT2D eigenvalue weighted by atomic mass is 16.5. The first-order chi connectivity index (χ1) is 7.84. The maximum absolute atomic E-state index is 5.77. The lowest BCUT2D eigenvalue weighted by atomic mass is 10.1. The molecule has 0 saturated heterocycles. The number of rotatable bonds is 1. The van der Waals surface area contributed by atoms with Gasteiger partial charge in [-0.05, 0) is 18.2 Å². The summed E-state index contributed by atoms with van der Waals surface area (Å²) in [6, 6.07) is 7.77. The third kappa shape index (κ3) is 1.47. The molecule has 4 heteroatoms. The average Bonchev–Trinajstić information content (AvgIpc) is 2.72. The minimum absolute atomic E-state index is 0.664. The van der Waals surface area contributed by atoms with Gasteiger partial charge >= 0.3 is 0 Å². The van der Waals surface area contributed by atoms with Crippen LogP contribution in [0.3, 0.4) is 0 Å². The topological polar surface area (TPSA) is 53.1 Å². The second kappa shape index (κ2) is 3.64. The molecule has 0 bridgehead atoms. The van der Waals surface area contributed by atoms with Gasteiger partial charge in [0, 0.05) is 17.7 Å². The van der Waals surface area contributed by atoms with Crippen LogP contribution in [0.15, 0.2) is 30.5 Å². The minimum atomic E-state index is 0.664. The van der Waals surface area contributed by atoms with Gasteiger partial charge in [-0.1, -0.05) is 6.07 Å². The summed E-state index contributed by atoms with van der Waals surface area (Å²) in [5.74, 6) is 0. The van der Waals surface area contributed by atoms with Gasteiger partial charge in [-0.3, -0.25) is 0 Å². The van der Waals surface area contributed by atoms with Crippen molar-refractivity contribution >= 4 is 5.69 Å². The van der Waals surface area contributed by atoms with Crippen molar-refractivity contribution in [1.82, 2.24) is 9.78 Å². The standard InChI is InChI=1S/C12H13N3O/c13-10-2-1-3-11(6-10)15-12-4-5-16-8-9(12)7-14-15/h1-3,6-7H,4-5,8,13H2. The van der Waals surface area contributed by atoms with Crippen molar-refractivity contribution in [3.8, 4) is 5.69 Å². The second-order valence-corrected chi connectivity index (χ2v) is 3.93. The minimum Gasteiger partial charge on any atom is -0.399 e. The average molecular weight is 215 g/mol. The quantitative estimate of drug-likeness (QED) is 0.734. The molecule has 1 aromatic carbocycles. The lowest BCUT2D eigenvalue weighted by molar-refractivity contribution is 0.109. The first-order valence-electron chi connectivity index (χ1n) is 5.34. The first kappa shape index (κ1) is 9.42. The number of nitrogens with zero attached hydrogens (tertiary/aromatic N) is 2. The highest BCUT2D eigenvalue weighted by Crippen LogP contribution is 2.20. The van der Waals surface area contributed by atoms with E-state index in [2.05, 4.69) is 5.10 Å². The van der Waals surface area contributed by atoms with E-state index in [4.69, 9.17) is 10.5 Å². The van der Waals surface area contributed by atoms with Gasteiger partial charge in [0.1, 0.15) is 0 Å². The molecular weight excluding hydrogens is 202 g/mol. The summed E-state index contributed by atoms with van der Waals surface area (Å²) >= 11 is 0. The van der Waals surface area contributed by atoms with Crippen molar-refractivity contribution in [2.75, 3.05) is 12.3 Å². The summed E-state index contributed by atoms with van der Waals surface area (Å²) in [7, 11) is 0. The van der Waals surface area contributed by atoms with Crippen LogP contribution in [0.4, 0.5) is 5.69 Å². The highest BCUT2D eigenvalue weighted by molar-refractivity contribution is 5.48. The second-order valence-electron chi connectivity index (χ2n) is 3.93. The van der Waals surface area contributed by atoms with E-state index in [1.165, 1.54) is 11.3 Å². The summed E-state index contributed by atoms with van der Waals surface area (Å²) in [5.41, 5.74) is 9.96. The Morgan fingerprint density at radius 3 is 3.19 bits per heavy atom. The van der Waals surface area contributed by atoms with Crippen molar-refractivity contribution in [3.63, 3.8) is 0 Å². The van der Waals surface area contributed by atoms with Crippen molar-refractivity contribution in [2.24, 2.45) is 0 Å². The van der Waals surface area contributed by atoms with E-state index in [-0.39, 0.29) is 0 Å². The third-order valence-corrected chi connectivity index (χ3v) is 2.81. The number of nitrogen functional groups attached to an aromatic ring is 1. The zero-order chi connectivity index (χ0) is 11.0. The number of ether oxygens (including phenoxy) is 1. The monoisotopic (exact) mass is 215 g/mol. The van der Waals surface area contributed by atoms with Gasteiger partial charge in [0.05, 0.1) is 30.8 Å². The van der Waals surface area contributed by atoms with Crippen LogP contribution in [0.5, 0.6) is 0 Å². The van der Waals surface area contributed by atoms with Gasteiger partial charge in [0.2, 0.25) is 0 Å². The first-order valence-corrected chi connectivity index (χ1v) is 5.34. The molecule has 1 aliphatic rings. The Kier molecular flexibility index (Phi) is 2.15. The summed E-state index contributed by atoms with van der Waals surface area (Å²) < 4.78 is 7.34. The predicted molar refractivity (Wildman–Crippen MR) is 61.3 cm³/mol. The third-order valence-electron chi connectivity index (χ3n) is 2.81. The Balaban J connectivity index is 2.09. The number of anilines is 1. The van der Waals surface area contributed by atoms with Gasteiger partial charge in [0.25, 0.3) is 0 Å². The van der Waals surface area contributed by atoms with Crippen LogP contribution in [0.2, 0.25) is 0 Å². The zero-order valence-electron chi connectivity index (χ0n) is 8.89. The van der Waals surface area contributed by atoms with Gasteiger partial charge in [-0.2, -0.15) is 5.10 Å². The molecular formula is C12H13N3O. The number of hydrogen-bond donors (Lipinski definition) is 1. The Morgan fingerprint density at radius 2 is 2.31 bits per heavy atom. The van der Waals surface area contributed by atoms with E-state index in [0.717, 1.165) is 24.4 Å². The zero-order valence-corrected chi connectivity index (χ0v) is 8.89. The molecule has 0 radical (unpaired) electrons. The van der Waals surface area contributed by atoms with Crippen molar-refractivity contribution in [3.05, 3.63) is 41.7 Å². The SMILES string of the molecule is Nc1cccc(-n2ncc3c2CCOC3)c1. The molecule has 0 aliphatic carbocycles. The van der Waals surface area contributed by atoms with Crippen LogP contribution >= 0.6 is 0 Å². The van der Waals surface area contributed by atoms with E-state index < -0.39 is 0 Å². The summed E-state index contributed by atoms with van der Waals surface area (Å²) in [4.78, 5) is 0. The lowest BCUT2D eigenvalue weighted by Crippen LogP contribution is -2.12. The molecule has 16 heavy (non-hydrogen) atoms. The Morgan fingerprint density at radius 1 is 1.38 bits per heavy atom. The van der Waals surface area contributed by atoms with Crippen LogP contribution in [-0.2, 0) is 17.8 Å². The smallest absolute Gasteiger partial charge is 0.0750 e. The van der Waals surface area contributed by atoms with E-state index in [1.807, 2.05) is 35.1 Å². The predicted octanol–water partition coefficient (Wildman–Crippen LogP) is 1.53. The molecule has 0 unspecified atom stereocenters. The molecule has 3 rings (SSSR count). The normalized spacial score (nSPS) is 14.8. The molecule has 0 amide bonds. The molecule has 2 aromatic rings. The van der Waals surface area contributed by atoms with Gasteiger partial charge in [0.15, 0.2) is 0 Å². The van der Waals surface area contributed by atoms with Gasteiger partial charge < -0.3 is 10.5 Å². The van der Waals surface area contributed by atoms with E-state index in [0.29, 0.717) is 6.61 Å². The molecule has 0 atom stereocenters. The fourth-order valence-electron chi connectivity index (χ4n) is 2.02. The van der Waals surface area contributed by atoms with Gasteiger partial charge in [-0.25, -0.2) is 4.68 Å². The summed E-state index contributed by atoms with van der Waals surface area (Å²) in [6.45, 7) is 1.43. The Bertz CT molecular complexity index is 519. The van der Waals surface area contributed by atoms with E-state index in [9.17, 15) is 0 Å². The summed E-state index contributed by atoms with van der Waals surface area (Å²) in [6.07, 6.45) is 2.78. The van der Waals surface area contributed by atoms with Crippen LogP contribution in [0, 0.1) is 0 Å². The molecule has 1 aromatic heterocycles. The molecule has 0 fully saturated rings. The van der Waals surface area contributed by atoms with Crippen LogP contribution in [0.25, 0.3) is 5.69 Å². The largest absolute Gasteiger partial charge is 0.399 e. The molecule has 2 heterocycles. The molecule has 1 aliphatic heterocycles.